The zero-order valence-electron chi connectivity index (χ0n) is 15.3. The Hall–Kier alpha value is -3.68. The Labute approximate surface area is 160 Å². The number of amides is 1. The van der Waals surface area contributed by atoms with Crippen molar-refractivity contribution in [3.63, 3.8) is 0 Å². The molecule has 3 aromatic rings. The number of benzene rings is 2. The highest BCUT2D eigenvalue weighted by molar-refractivity contribution is 5.94. The number of carbonyl (C=O) groups excluding carboxylic acids is 1. The van der Waals surface area contributed by atoms with Crippen LogP contribution in [0.3, 0.4) is 0 Å². The number of ether oxygens (including phenoxy) is 3. The number of hydrogen-bond acceptors (Lipinski definition) is 7. The summed E-state index contributed by atoms with van der Waals surface area (Å²) in [7, 11) is 1.47. The number of oxazole rings is 1. The molecule has 1 amide bonds. The Bertz CT molecular complexity index is 1040. The summed E-state index contributed by atoms with van der Waals surface area (Å²) in [4.78, 5) is 16.9. The van der Waals surface area contributed by atoms with Gasteiger partial charge in [0.05, 0.1) is 13.7 Å². The number of fused-ring (bicyclic) bond motifs is 1. The van der Waals surface area contributed by atoms with Gasteiger partial charge in [0.15, 0.2) is 23.0 Å². The highest BCUT2D eigenvalue weighted by Gasteiger charge is 2.18. The average molecular weight is 382 g/mol. The number of nitrogens with one attached hydrogen (secondary N) is 1. The molecule has 2 heterocycles. The van der Waals surface area contributed by atoms with Crippen LogP contribution in [0.15, 0.2) is 40.8 Å². The molecule has 2 aromatic carbocycles. The zero-order valence-corrected chi connectivity index (χ0v) is 15.3. The molecule has 0 bridgehead atoms. The van der Waals surface area contributed by atoms with Gasteiger partial charge in [-0.1, -0.05) is 0 Å². The summed E-state index contributed by atoms with van der Waals surface area (Å²) < 4.78 is 21.3. The van der Waals surface area contributed by atoms with Gasteiger partial charge in [-0.05, 0) is 43.3 Å². The number of aromatic hydroxyl groups is 1. The maximum absolute atomic E-state index is 12.4. The summed E-state index contributed by atoms with van der Waals surface area (Å²) in [6.45, 7) is 2.14. The summed E-state index contributed by atoms with van der Waals surface area (Å²) in [6, 6.07) is 9.84. The lowest BCUT2D eigenvalue weighted by molar-refractivity contribution is 0.0950. The number of methoxy groups -OCH3 is 1. The predicted octanol–water partition coefficient (Wildman–Crippen LogP) is 3.02. The van der Waals surface area contributed by atoms with Gasteiger partial charge >= 0.3 is 0 Å². The van der Waals surface area contributed by atoms with E-state index in [0.29, 0.717) is 45.7 Å². The summed E-state index contributed by atoms with van der Waals surface area (Å²) in [5.41, 5.74) is 1.73. The molecule has 8 nitrogen and oxygen atoms in total. The lowest BCUT2D eigenvalue weighted by Crippen LogP contribution is -2.23. The molecule has 0 radical (unpaired) electrons. The van der Waals surface area contributed by atoms with Crippen LogP contribution < -0.4 is 19.5 Å². The van der Waals surface area contributed by atoms with Crippen molar-refractivity contribution in [2.24, 2.45) is 0 Å². The Morgan fingerprint density at radius 3 is 2.86 bits per heavy atom. The van der Waals surface area contributed by atoms with Crippen LogP contribution >= 0.6 is 0 Å². The van der Waals surface area contributed by atoms with Crippen molar-refractivity contribution in [3.05, 3.63) is 53.4 Å². The molecule has 0 spiro atoms. The lowest BCUT2D eigenvalue weighted by Gasteiger charge is -2.05. The average Bonchev–Trinajstić information content (AvgIpc) is 3.32. The van der Waals surface area contributed by atoms with E-state index in [2.05, 4.69) is 10.3 Å². The molecule has 28 heavy (non-hydrogen) atoms. The van der Waals surface area contributed by atoms with E-state index in [1.54, 1.807) is 37.3 Å². The fraction of sp³-hybridized carbons (Fsp3) is 0.200. The van der Waals surface area contributed by atoms with Crippen LogP contribution in [0.2, 0.25) is 0 Å². The minimum atomic E-state index is -0.256. The molecule has 1 aromatic heterocycles. The second-order valence-corrected chi connectivity index (χ2v) is 6.16. The van der Waals surface area contributed by atoms with Gasteiger partial charge in [-0.3, -0.25) is 4.79 Å². The van der Waals surface area contributed by atoms with Crippen molar-refractivity contribution < 1.29 is 28.5 Å². The fourth-order valence-electron chi connectivity index (χ4n) is 2.83. The van der Waals surface area contributed by atoms with E-state index in [4.69, 9.17) is 18.6 Å². The molecule has 1 aliphatic rings. The van der Waals surface area contributed by atoms with Crippen molar-refractivity contribution in [1.29, 1.82) is 0 Å². The Morgan fingerprint density at radius 2 is 2.04 bits per heavy atom. The van der Waals surface area contributed by atoms with Gasteiger partial charge < -0.3 is 29.1 Å². The predicted molar refractivity (Wildman–Crippen MR) is 98.6 cm³/mol. The molecule has 4 rings (SSSR count). The first-order valence-corrected chi connectivity index (χ1v) is 8.56. The SMILES string of the molecule is COc1cc(-c2nc(CNC(=O)c3ccc4c(c3)OCO4)c(C)o2)ccc1O. The van der Waals surface area contributed by atoms with Crippen LogP contribution in [0.5, 0.6) is 23.0 Å². The monoisotopic (exact) mass is 382 g/mol. The second kappa shape index (κ2) is 7.15. The molecule has 144 valence electrons. The van der Waals surface area contributed by atoms with Gasteiger partial charge in [-0.2, -0.15) is 0 Å². The molecule has 1 aliphatic heterocycles. The molecule has 0 aliphatic carbocycles. The molecule has 0 unspecified atom stereocenters. The van der Waals surface area contributed by atoms with E-state index in [-0.39, 0.29) is 25.0 Å². The van der Waals surface area contributed by atoms with Crippen LogP contribution in [-0.4, -0.2) is 29.9 Å². The number of hydrogen-bond donors (Lipinski definition) is 2. The smallest absolute Gasteiger partial charge is 0.251 e. The van der Waals surface area contributed by atoms with E-state index >= 15 is 0 Å². The second-order valence-electron chi connectivity index (χ2n) is 6.16. The van der Waals surface area contributed by atoms with Crippen LogP contribution in [-0.2, 0) is 6.54 Å². The minimum Gasteiger partial charge on any atom is -0.504 e. The fourth-order valence-corrected chi connectivity index (χ4v) is 2.83. The normalized spacial score (nSPS) is 12.1. The van der Waals surface area contributed by atoms with Crippen molar-refractivity contribution in [2.45, 2.75) is 13.5 Å². The summed E-state index contributed by atoms with van der Waals surface area (Å²) in [6.07, 6.45) is 0. The number of rotatable bonds is 5. The Balaban J connectivity index is 1.48. The minimum absolute atomic E-state index is 0.0331. The maximum atomic E-state index is 12.4. The first-order chi connectivity index (χ1) is 13.5. The van der Waals surface area contributed by atoms with Crippen LogP contribution in [0.25, 0.3) is 11.5 Å². The van der Waals surface area contributed by atoms with Crippen molar-refractivity contribution in [1.82, 2.24) is 10.3 Å². The number of phenols is 1. The quantitative estimate of drug-likeness (QED) is 0.699. The van der Waals surface area contributed by atoms with Gasteiger partial charge in [0.1, 0.15) is 11.5 Å². The highest BCUT2D eigenvalue weighted by atomic mass is 16.7. The lowest BCUT2D eigenvalue weighted by atomic mass is 10.2. The van der Waals surface area contributed by atoms with E-state index in [1.165, 1.54) is 13.2 Å². The van der Waals surface area contributed by atoms with Gasteiger partial charge in [-0.25, -0.2) is 4.98 Å². The third-order valence-corrected chi connectivity index (χ3v) is 4.37. The number of nitrogens with zero attached hydrogens (tertiary/aromatic N) is 1. The molecule has 8 heteroatoms. The van der Waals surface area contributed by atoms with E-state index < -0.39 is 0 Å². The number of aromatic nitrogens is 1. The van der Waals surface area contributed by atoms with Crippen LogP contribution in [0, 0.1) is 6.92 Å². The van der Waals surface area contributed by atoms with Crippen LogP contribution in [0.1, 0.15) is 21.8 Å². The molecule has 0 saturated heterocycles. The third-order valence-electron chi connectivity index (χ3n) is 4.37. The summed E-state index contributed by atoms with van der Waals surface area (Å²) in [5.74, 6) is 2.24. The number of phenolic OH excluding ortho intramolecular Hbond substituents is 1. The number of aryl methyl sites for hydroxylation is 1. The highest BCUT2D eigenvalue weighted by Crippen LogP contribution is 2.33. The maximum Gasteiger partial charge on any atom is 0.251 e. The molecular formula is C20H18N2O6. The summed E-state index contributed by atoms with van der Waals surface area (Å²) >= 11 is 0. The number of carbonyl (C=O) groups is 1. The van der Waals surface area contributed by atoms with Gasteiger partial charge in [-0.15, -0.1) is 0 Å². The molecule has 0 fully saturated rings. The largest absolute Gasteiger partial charge is 0.504 e. The van der Waals surface area contributed by atoms with E-state index in [9.17, 15) is 9.90 Å². The standard InChI is InChI=1S/C20H18N2O6/c1-11-14(22-20(28-11)13-3-5-15(23)17(8-13)25-2)9-21-19(24)12-4-6-16-18(7-12)27-10-26-16/h3-8,23H,9-10H2,1-2H3,(H,21,24). The summed E-state index contributed by atoms with van der Waals surface area (Å²) in [5, 5.41) is 12.5. The van der Waals surface area contributed by atoms with Gasteiger partial charge in [0.25, 0.3) is 5.91 Å². The molecule has 0 saturated carbocycles. The first-order valence-electron chi connectivity index (χ1n) is 8.56. The van der Waals surface area contributed by atoms with E-state index in [1.807, 2.05) is 0 Å². The first kappa shape index (κ1) is 17.7. The van der Waals surface area contributed by atoms with Gasteiger partial charge in [0, 0.05) is 11.1 Å². The van der Waals surface area contributed by atoms with Crippen LogP contribution in [0.4, 0.5) is 0 Å². The molecule has 0 atom stereocenters. The van der Waals surface area contributed by atoms with Crippen molar-refractivity contribution >= 4 is 5.91 Å². The Morgan fingerprint density at radius 1 is 1.21 bits per heavy atom. The van der Waals surface area contributed by atoms with Crippen molar-refractivity contribution in [3.8, 4) is 34.5 Å². The third kappa shape index (κ3) is 3.32. The topological polar surface area (TPSA) is 103 Å². The molecule has 2 N–H and O–H groups in total. The Kier molecular flexibility index (Phi) is 4.52. The van der Waals surface area contributed by atoms with Gasteiger partial charge in [0.2, 0.25) is 12.7 Å². The van der Waals surface area contributed by atoms with Crippen molar-refractivity contribution in [2.75, 3.05) is 13.9 Å². The zero-order chi connectivity index (χ0) is 19.7. The molecular weight excluding hydrogens is 364 g/mol. The van der Waals surface area contributed by atoms with E-state index in [0.717, 1.165) is 0 Å².